The van der Waals surface area contributed by atoms with Gasteiger partial charge in [0.2, 0.25) is 0 Å². The van der Waals surface area contributed by atoms with E-state index in [2.05, 4.69) is 0 Å². The molecule has 11 heavy (non-hydrogen) atoms. The molecule has 1 aliphatic rings. The molecule has 0 saturated carbocycles. The normalized spacial score (nSPS) is 24.8. The molecule has 0 bridgehead atoms. The average Bonchev–Trinajstić information content (AvgIpc) is 2.05. The summed E-state index contributed by atoms with van der Waals surface area (Å²) < 4.78 is 22.3. The molecule has 0 aromatic carbocycles. The Morgan fingerprint density at radius 2 is 2.09 bits per heavy atom. The van der Waals surface area contributed by atoms with Gasteiger partial charge in [-0.05, 0) is 0 Å². The van der Waals surface area contributed by atoms with Crippen LogP contribution in [0.1, 0.15) is 0 Å². The van der Waals surface area contributed by atoms with Crippen LogP contribution in [0, 0.1) is 0 Å². The van der Waals surface area contributed by atoms with Crippen molar-refractivity contribution < 1.29 is 13.9 Å². The lowest BCUT2D eigenvalue weighted by molar-refractivity contribution is -0.0794. The zero-order valence-electron chi connectivity index (χ0n) is 5.65. The van der Waals surface area contributed by atoms with Gasteiger partial charge in [0, 0.05) is 0 Å². The Bertz CT molecular complexity index is 162. The molecule has 0 aliphatic carbocycles. The van der Waals surface area contributed by atoms with Crippen molar-refractivity contribution in [2.45, 2.75) is 6.10 Å². The maximum atomic E-state index is 12.8. The Balaban J connectivity index is 2.52. The van der Waals surface area contributed by atoms with Crippen LogP contribution in [0.3, 0.4) is 0 Å². The molecule has 1 rings (SSSR count). The Morgan fingerprint density at radius 3 is 2.55 bits per heavy atom. The van der Waals surface area contributed by atoms with Crippen LogP contribution in [0.15, 0.2) is 10.3 Å². The molecule has 0 N–H and O–H groups in total. The van der Waals surface area contributed by atoms with Gasteiger partial charge in [-0.15, -0.1) is 0 Å². The van der Waals surface area contributed by atoms with Crippen LogP contribution >= 0.6 is 23.2 Å². The van der Waals surface area contributed by atoms with Crippen molar-refractivity contribution in [2.75, 3.05) is 19.8 Å². The molecule has 1 saturated heterocycles. The molecule has 1 unspecified atom stereocenters. The Hall–Kier alpha value is 0.170. The van der Waals surface area contributed by atoms with Crippen molar-refractivity contribution in [3.8, 4) is 0 Å². The lowest BCUT2D eigenvalue weighted by Crippen LogP contribution is -2.29. The topological polar surface area (TPSA) is 18.5 Å². The lowest BCUT2D eigenvalue weighted by atomic mass is 10.3. The molecule has 1 heterocycles. The fraction of sp³-hybridized carbons (Fsp3) is 0.667. The molecule has 1 atom stereocenters. The van der Waals surface area contributed by atoms with E-state index in [0.29, 0.717) is 13.2 Å². The van der Waals surface area contributed by atoms with E-state index in [9.17, 15) is 4.39 Å². The molecule has 1 fully saturated rings. The van der Waals surface area contributed by atoms with E-state index < -0.39 is 11.9 Å². The molecular weight excluding hydrogens is 194 g/mol. The van der Waals surface area contributed by atoms with Crippen molar-refractivity contribution in [3.63, 3.8) is 0 Å². The summed E-state index contributed by atoms with van der Waals surface area (Å²) in [5.41, 5.74) is 0. The zero-order chi connectivity index (χ0) is 8.27. The highest BCUT2D eigenvalue weighted by Crippen LogP contribution is 2.21. The standard InChI is InChI=1S/C6H7Cl2FO2/c7-6(8)5(9)4-3-10-1-2-11-4/h4H,1-3H2. The minimum absolute atomic E-state index is 0.175. The predicted octanol–water partition coefficient (Wildman–Crippen LogP) is 2.02. The van der Waals surface area contributed by atoms with Crippen LogP contribution in [0.5, 0.6) is 0 Å². The van der Waals surface area contributed by atoms with Crippen LogP contribution in [0.25, 0.3) is 0 Å². The quantitative estimate of drug-likeness (QED) is 0.646. The van der Waals surface area contributed by atoms with Crippen molar-refractivity contribution in [2.24, 2.45) is 0 Å². The highest BCUT2D eigenvalue weighted by molar-refractivity contribution is 6.56. The lowest BCUT2D eigenvalue weighted by Gasteiger charge is -2.21. The third-order valence-corrected chi connectivity index (χ3v) is 1.64. The molecule has 0 spiro atoms. The fourth-order valence-electron chi connectivity index (χ4n) is 0.756. The van der Waals surface area contributed by atoms with Gasteiger partial charge in [0.05, 0.1) is 19.8 Å². The maximum absolute atomic E-state index is 12.8. The van der Waals surface area contributed by atoms with E-state index in [-0.39, 0.29) is 11.1 Å². The first-order valence-electron chi connectivity index (χ1n) is 3.12. The van der Waals surface area contributed by atoms with Gasteiger partial charge in [0.15, 0.2) is 5.83 Å². The second-order valence-corrected chi connectivity index (χ2v) is 2.99. The molecule has 64 valence electrons. The first-order valence-corrected chi connectivity index (χ1v) is 3.87. The SMILES string of the molecule is FC(=C(Cl)Cl)C1COCCO1. The summed E-state index contributed by atoms with van der Waals surface area (Å²) in [6.07, 6.45) is -0.728. The van der Waals surface area contributed by atoms with Gasteiger partial charge >= 0.3 is 0 Å². The Morgan fingerprint density at radius 1 is 1.36 bits per heavy atom. The molecule has 0 radical (unpaired) electrons. The first-order chi connectivity index (χ1) is 5.22. The third-order valence-electron chi connectivity index (χ3n) is 1.28. The fourth-order valence-corrected chi connectivity index (χ4v) is 0.999. The summed E-state index contributed by atoms with van der Waals surface area (Å²) >= 11 is 10.4. The Labute approximate surface area is 73.9 Å². The number of halogens is 3. The average molecular weight is 201 g/mol. The summed E-state index contributed by atoms with van der Waals surface area (Å²) in [5, 5.41) is 0. The summed E-state index contributed by atoms with van der Waals surface area (Å²) in [6.45, 7) is 1.04. The van der Waals surface area contributed by atoms with E-state index in [0.717, 1.165) is 0 Å². The van der Waals surface area contributed by atoms with Crippen molar-refractivity contribution >= 4 is 23.2 Å². The zero-order valence-corrected chi connectivity index (χ0v) is 7.16. The van der Waals surface area contributed by atoms with E-state index in [1.165, 1.54) is 0 Å². The van der Waals surface area contributed by atoms with E-state index >= 15 is 0 Å². The van der Waals surface area contributed by atoms with E-state index in [1.54, 1.807) is 0 Å². The van der Waals surface area contributed by atoms with Gasteiger partial charge in [0.1, 0.15) is 10.6 Å². The minimum atomic E-state index is -0.728. The number of hydrogen-bond acceptors (Lipinski definition) is 2. The summed E-state index contributed by atoms with van der Waals surface area (Å²) in [4.78, 5) is 0. The highest BCUT2D eigenvalue weighted by Gasteiger charge is 2.21. The van der Waals surface area contributed by atoms with Crippen LogP contribution in [-0.4, -0.2) is 25.9 Å². The molecule has 0 aromatic heterocycles. The molecule has 2 nitrogen and oxygen atoms in total. The van der Waals surface area contributed by atoms with Gasteiger partial charge < -0.3 is 9.47 Å². The number of rotatable bonds is 1. The highest BCUT2D eigenvalue weighted by atomic mass is 35.5. The van der Waals surface area contributed by atoms with Crippen molar-refractivity contribution in [1.29, 1.82) is 0 Å². The van der Waals surface area contributed by atoms with Crippen LogP contribution < -0.4 is 0 Å². The molecule has 0 aromatic rings. The second-order valence-electron chi connectivity index (χ2n) is 2.04. The first kappa shape index (κ1) is 9.26. The predicted molar refractivity (Wildman–Crippen MR) is 40.4 cm³/mol. The van der Waals surface area contributed by atoms with Crippen LogP contribution in [-0.2, 0) is 9.47 Å². The summed E-state index contributed by atoms with van der Waals surface area (Å²) in [7, 11) is 0. The van der Waals surface area contributed by atoms with Gasteiger partial charge in [0.25, 0.3) is 0 Å². The monoisotopic (exact) mass is 200 g/mol. The largest absolute Gasteiger partial charge is 0.376 e. The van der Waals surface area contributed by atoms with E-state index in [4.69, 9.17) is 32.7 Å². The van der Waals surface area contributed by atoms with Gasteiger partial charge in [-0.3, -0.25) is 0 Å². The Kier molecular flexibility index (Phi) is 3.59. The summed E-state index contributed by atoms with van der Waals surface area (Å²) in [5.74, 6) is -0.659. The second kappa shape index (κ2) is 4.26. The number of ether oxygens (including phenoxy) is 2. The summed E-state index contributed by atoms with van der Waals surface area (Å²) in [6, 6.07) is 0. The van der Waals surface area contributed by atoms with E-state index in [1.807, 2.05) is 0 Å². The van der Waals surface area contributed by atoms with Crippen LogP contribution in [0.2, 0.25) is 0 Å². The van der Waals surface area contributed by atoms with Gasteiger partial charge in [-0.1, -0.05) is 23.2 Å². The van der Waals surface area contributed by atoms with Crippen molar-refractivity contribution in [3.05, 3.63) is 10.3 Å². The van der Waals surface area contributed by atoms with Crippen molar-refractivity contribution in [1.82, 2.24) is 0 Å². The molecule has 0 amide bonds. The van der Waals surface area contributed by atoms with Crippen LogP contribution in [0.4, 0.5) is 4.39 Å². The van der Waals surface area contributed by atoms with Gasteiger partial charge in [-0.2, -0.15) is 0 Å². The third kappa shape index (κ3) is 2.60. The maximum Gasteiger partial charge on any atom is 0.161 e. The molecular formula is C6H7Cl2FO2. The molecule has 1 aliphatic heterocycles. The minimum Gasteiger partial charge on any atom is -0.376 e. The number of hydrogen-bond donors (Lipinski definition) is 0. The molecule has 5 heteroatoms. The smallest absolute Gasteiger partial charge is 0.161 e. The van der Waals surface area contributed by atoms with Gasteiger partial charge in [-0.25, -0.2) is 4.39 Å².